The summed E-state index contributed by atoms with van der Waals surface area (Å²) in [7, 11) is 0. The summed E-state index contributed by atoms with van der Waals surface area (Å²) in [6.07, 6.45) is 2.49. The van der Waals surface area contributed by atoms with Crippen molar-refractivity contribution in [1.29, 1.82) is 0 Å². The predicted molar refractivity (Wildman–Crippen MR) is 98.4 cm³/mol. The lowest BCUT2D eigenvalue weighted by Crippen LogP contribution is -2.23. The molecule has 2 aromatic rings. The van der Waals surface area contributed by atoms with Crippen LogP contribution in [0.2, 0.25) is 0 Å². The largest absolute Gasteiger partial charge is 0.489 e. The summed E-state index contributed by atoms with van der Waals surface area (Å²) < 4.78 is 18.7. The first kappa shape index (κ1) is 19.2. The van der Waals surface area contributed by atoms with Crippen molar-refractivity contribution in [2.24, 2.45) is 11.7 Å². The Bertz CT molecular complexity index is 726. The summed E-state index contributed by atoms with van der Waals surface area (Å²) in [6, 6.07) is 13.6. The van der Waals surface area contributed by atoms with Crippen LogP contribution in [-0.2, 0) is 11.4 Å². The monoisotopic (exact) mass is 364 g/mol. The van der Waals surface area contributed by atoms with Gasteiger partial charge < -0.3 is 15.8 Å². The third-order valence-corrected chi connectivity index (χ3v) is 4.24. The Kier molecular flexibility index (Phi) is 6.79. The highest BCUT2D eigenvalue weighted by molar-refractivity contribution is 5.92. The second-order valence-corrected chi connectivity index (χ2v) is 6.21. The standard InChI is InChI=1S/C19H21FN2O2.ClH/c20-15-4-2-6-18(11-15)24-12-13-3-1-5-17(9-13)22-19(23)14-7-8-16(21)10-14;/h1-6,9,11,14,16H,7-8,10,12,21H2,(H,22,23);1H. The number of amides is 1. The second kappa shape index (κ2) is 8.83. The van der Waals surface area contributed by atoms with Gasteiger partial charge in [-0.3, -0.25) is 4.79 Å². The van der Waals surface area contributed by atoms with Gasteiger partial charge >= 0.3 is 0 Å². The van der Waals surface area contributed by atoms with Crippen molar-refractivity contribution in [2.45, 2.75) is 31.9 Å². The molecule has 0 radical (unpaired) electrons. The molecule has 0 saturated heterocycles. The van der Waals surface area contributed by atoms with Gasteiger partial charge in [0.1, 0.15) is 18.2 Å². The van der Waals surface area contributed by atoms with E-state index in [-0.39, 0.29) is 36.1 Å². The third-order valence-electron chi connectivity index (χ3n) is 4.24. The van der Waals surface area contributed by atoms with E-state index in [1.165, 1.54) is 12.1 Å². The zero-order valence-electron chi connectivity index (χ0n) is 13.8. The number of nitrogens with one attached hydrogen (secondary N) is 1. The summed E-state index contributed by atoms with van der Waals surface area (Å²) in [5, 5.41) is 2.94. The SMILES string of the molecule is Cl.NC1CCC(C(=O)Nc2cccc(COc3cccc(F)c3)c2)C1. The van der Waals surface area contributed by atoms with Gasteiger partial charge in [-0.15, -0.1) is 12.4 Å². The number of carbonyl (C=O) groups excluding carboxylic acids is 1. The van der Waals surface area contributed by atoms with Crippen molar-refractivity contribution >= 4 is 24.0 Å². The smallest absolute Gasteiger partial charge is 0.227 e. The molecule has 1 saturated carbocycles. The zero-order chi connectivity index (χ0) is 16.9. The van der Waals surface area contributed by atoms with E-state index in [9.17, 15) is 9.18 Å². The van der Waals surface area contributed by atoms with E-state index >= 15 is 0 Å². The molecule has 0 spiro atoms. The van der Waals surface area contributed by atoms with Crippen LogP contribution in [0.15, 0.2) is 48.5 Å². The Hall–Kier alpha value is -2.11. The summed E-state index contributed by atoms with van der Waals surface area (Å²) in [6.45, 7) is 0.307. The minimum absolute atomic E-state index is 0. The maximum absolute atomic E-state index is 13.1. The number of halogens is 2. The fourth-order valence-corrected chi connectivity index (χ4v) is 2.96. The van der Waals surface area contributed by atoms with Crippen LogP contribution >= 0.6 is 12.4 Å². The first-order valence-electron chi connectivity index (χ1n) is 8.14. The molecule has 0 aromatic heterocycles. The van der Waals surface area contributed by atoms with Gasteiger partial charge in [-0.2, -0.15) is 0 Å². The van der Waals surface area contributed by atoms with Gasteiger partial charge in [0.05, 0.1) is 0 Å². The minimum atomic E-state index is -0.330. The first-order valence-corrected chi connectivity index (χ1v) is 8.14. The Morgan fingerprint density at radius 2 is 2.00 bits per heavy atom. The molecular formula is C19H22ClFN2O2. The molecule has 1 aliphatic carbocycles. The van der Waals surface area contributed by atoms with Gasteiger partial charge in [0.2, 0.25) is 5.91 Å². The minimum Gasteiger partial charge on any atom is -0.489 e. The number of rotatable bonds is 5. The molecule has 4 nitrogen and oxygen atoms in total. The maximum Gasteiger partial charge on any atom is 0.227 e. The summed E-state index contributed by atoms with van der Waals surface area (Å²) in [4.78, 5) is 12.2. The van der Waals surface area contributed by atoms with E-state index < -0.39 is 0 Å². The lowest BCUT2D eigenvalue weighted by molar-refractivity contribution is -0.119. The predicted octanol–water partition coefficient (Wildman–Crippen LogP) is 3.89. The second-order valence-electron chi connectivity index (χ2n) is 6.21. The number of carbonyl (C=O) groups is 1. The van der Waals surface area contributed by atoms with Crippen molar-refractivity contribution in [3.63, 3.8) is 0 Å². The van der Waals surface area contributed by atoms with Crippen molar-refractivity contribution < 1.29 is 13.9 Å². The molecule has 6 heteroatoms. The van der Waals surface area contributed by atoms with Crippen LogP contribution in [0.1, 0.15) is 24.8 Å². The molecule has 1 fully saturated rings. The normalized spacial score (nSPS) is 19.1. The fraction of sp³-hybridized carbons (Fsp3) is 0.316. The highest BCUT2D eigenvalue weighted by Gasteiger charge is 2.27. The number of ether oxygens (including phenoxy) is 1. The van der Waals surface area contributed by atoms with Crippen LogP contribution < -0.4 is 15.8 Å². The van der Waals surface area contributed by atoms with E-state index in [0.717, 1.165) is 30.5 Å². The molecule has 0 aliphatic heterocycles. The molecule has 3 rings (SSSR count). The highest BCUT2D eigenvalue weighted by Crippen LogP contribution is 2.25. The molecule has 2 atom stereocenters. The molecule has 0 bridgehead atoms. The van der Waals surface area contributed by atoms with Crippen molar-refractivity contribution in [1.82, 2.24) is 0 Å². The van der Waals surface area contributed by atoms with Gasteiger partial charge in [-0.1, -0.05) is 18.2 Å². The lowest BCUT2D eigenvalue weighted by atomic mass is 10.1. The fourth-order valence-electron chi connectivity index (χ4n) is 2.96. The Labute approximate surface area is 153 Å². The van der Waals surface area contributed by atoms with Gasteiger partial charge in [0, 0.05) is 23.7 Å². The van der Waals surface area contributed by atoms with Crippen LogP contribution in [0.4, 0.5) is 10.1 Å². The van der Waals surface area contributed by atoms with Gasteiger partial charge in [0.25, 0.3) is 0 Å². The van der Waals surface area contributed by atoms with Crippen molar-refractivity contribution in [3.8, 4) is 5.75 Å². The van der Waals surface area contributed by atoms with Crippen molar-refractivity contribution in [3.05, 3.63) is 59.9 Å². The van der Waals surface area contributed by atoms with Gasteiger partial charge in [-0.25, -0.2) is 4.39 Å². The first-order chi connectivity index (χ1) is 11.6. The van der Waals surface area contributed by atoms with E-state index in [4.69, 9.17) is 10.5 Å². The Balaban J connectivity index is 0.00000225. The van der Waals surface area contributed by atoms with Gasteiger partial charge in [0.15, 0.2) is 0 Å². The van der Waals surface area contributed by atoms with Gasteiger partial charge in [-0.05, 0) is 49.1 Å². The molecule has 25 heavy (non-hydrogen) atoms. The van der Waals surface area contributed by atoms with E-state index in [1.54, 1.807) is 12.1 Å². The average molecular weight is 365 g/mol. The molecule has 2 aromatic carbocycles. The van der Waals surface area contributed by atoms with Crippen LogP contribution in [-0.4, -0.2) is 11.9 Å². The topological polar surface area (TPSA) is 64.4 Å². The average Bonchev–Trinajstić information content (AvgIpc) is 3.00. The van der Waals surface area contributed by atoms with E-state index in [1.807, 2.05) is 24.3 Å². The number of anilines is 1. The molecule has 0 heterocycles. The molecule has 2 unspecified atom stereocenters. The number of benzene rings is 2. The lowest BCUT2D eigenvalue weighted by Gasteiger charge is -2.12. The summed E-state index contributed by atoms with van der Waals surface area (Å²) in [5.74, 6) is 0.158. The van der Waals surface area contributed by atoms with Crippen LogP contribution in [0, 0.1) is 11.7 Å². The third kappa shape index (κ3) is 5.44. The highest BCUT2D eigenvalue weighted by atomic mass is 35.5. The molecular weight excluding hydrogens is 343 g/mol. The summed E-state index contributed by atoms with van der Waals surface area (Å²) >= 11 is 0. The molecule has 1 amide bonds. The zero-order valence-corrected chi connectivity index (χ0v) is 14.6. The Morgan fingerprint density at radius 3 is 2.72 bits per heavy atom. The van der Waals surface area contributed by atoms with E-state index in [2.05, 4.69) is 5.32 Å². The number of hydrogen-bond acceptors (Lipinski definition) is 3. The van der Waals surface area contributed by atoms with Crippen LogP contribution in [0.25, 0.3) is 0 Å². The quantitative estimate of drug-likeness (QED) is 0.845. The maximum atomic E-state index is 13.1. The number of nitrogens with two attached hydrogens (primary N) is 1. The molecule has 3 N–H and O–H groups in total. The van der Waals surface area contributed by atoms with Crippen LogP contribution in [0.3, 0.4) is 0 Å². The van der Waals surface area contributed by atoms with E-state index in [0.29, 0.717) is 12.4 Å². The Morgan fingerprint density at radius 1 is 1.20 bits per heavy atom. The van der Waals surface area contributed by atoms with Crippen LogP contribution in [0.5, 0.6) is 5.75 Å². The molecule has 1 aliphatic rings. The number of hydrogen-bond donors (Lipinski definition) is 2. The van der Waals surface area contributed by atoms with Crippen molar-refractivity contribution in [2.75, 3.05) is 5.32 Å². The summed E-state index contributed by atoms with van der Waals surface area (Å²) in [5.41, 5.74) is 7.50. The molecule has 134 valence electrons.